The van der Waals surface area contributed by atoms with Gasteiger partial charge in [-0.05, 0) is 61.7 Å². The zero-order valence-corrected chi connectivity index (χ0v) is 19.4. The Balaban J connectivity index is 1.17. The number of piperazine rings is 1. The van der Waals surface area contributed by atoms with Gasteiger partial charge in [-0.2, -0.15) is 0 Å². The van der Waals surface area contributed by atoms with Crippen molar-refractivity contribution in [1.82, 2.24) is 20.1 Å². The number of hydrogen-bond acceptors (Lipinski definition) is 5. The largest absolute Gasteiger partial charge is 0.497 e. The number of anilines is 1. The first-order chi connectivity index (χ1) is 15.7. The van der Waals surface area contributed by atoms with Crippen molar-refractivity contribution in [1.29, 1.82) is 0 Å². The minimum absolute atomic E-state index is 0.702. The van der Waals surface area contributed by atoms with Gasteiger partial charge in [0.05, 0.1) is 7.11 Å². The molecular weight excluding hydrogens is 400 g/mol. The Morgan fingerprint density at radius 2 is 1.78 bits per heavy atom. The molecule has 2 aliphatic rings. The summed E-state index contributed by atoms with van der Waals surface area (Å²) < 4.78 is 5.26. The van der Waals surface area contributed by atoms with Gasteiger partial charge < -0.3 is 19.9 Å². The summed E-state index contributed by atoms with van der Waals surface area (Å²) in [5.74, 6) is 3.72. The van der Waals surface area contributed by atoms with Crippen LogP contribution in [-0.4, -0.2) is 80.7 Å². The molecule has 2 aromatic rings. The van der Waals surface area contributed by atoms with E-state index < -0.39 is 0 Å². The van der Waals surface area contributed by atoms with E-state index in [9.17, 15) is 0 Å². The third kappa shape index (κ3) is 5.91. The minimum atomic E-state index is 0.702. The van der Waals surface area contributed by atoms with Crippen molar-refractivity contribution in [3.8, 4) is 5.75 Å². The summed E-state index contributed by atoms with van der Waals surface area (Å²) >= 11 is 0. The zero-order chi connectivity index (χ0) is 22.2. The van der Waals surface area contributed by atoms with E-state index in [0.29, 0.717) is 5.92 Å². The van der Waals surface area contributed by atoms with Crippen molar-refractivity contribution in [2.24, 2.45) is 10.9 Å². The highest BCUT2D eigenvalue weighted by Gasteiger charge is 2.23. The van der Waals surface area contributed by atoms with Crippen LogP contribution < -0.4 is 15.0 Å². The number of pyridine rings is 1. The fourth-order valence-electron chi connectivity index (χ4n) is 4.59. The predicted molar refractivity (Wildman–Crippen MR) is 130 cm³/mol. The molecule has 7 nitrogen and oxygen atoms in total. The molecule has 0 aliphatic carbocycles. The van der Waals surface area contributed by atoms with Crippen LogP contribution in [0.1, 0.15) is 18.4 Å². The molecule has 4 rings (SSSR count). The molecule has 2 fully saturated rings. The summed E-state index contributed by atoms with van der Waals surface area (Å²) in [6.07, 6.45) is 4.33. The van der Waals surface area contributed by atoms with Crippen molar-refractivity contribution in [3.05, 3.63) is 54.2 Å². The number of aromatic nitrogens is 1. The molecule has 0 unspecified atom stereocenters. The van der Waals surface area contributed by atoms with Crippen LogP contribution in [0.5, 0.6) is 5.75 Å². The standard InChI is InChI=1S/C25H36N6O/c1-26-25(31-17-15-30(16-18-31)24-5-3-4-12-27-24)28-19-21-10-13-29(14-11-21)20-22-6-8-23(32-2)9-7-22/h3-9,12,21H,10-11,13-20H2,1-2H3,(H,26,28). The fourth-order valence-corrected chi connectivity index (χ4v) is 4.59. The SMILES string of the molecule is CN=C(NCC1CCN(Cc2ccc(OC)cc2)CC1)N1CCN(c2ccccn2)CC1. The van der Waals surface area contributed by atoms with Crippen LogP contribution >= 0.6 is 0 Å². The van der Waals surface area contributed by atoms with Crippen LogP contribution in [0.2, 0.25) is 0 Å². The van der Waals surface area contributed by atoms with Gasteiger partial charge in [0, 0.05) is 52.5 Å². The monoisotopic (exact) mass is 436 g/mol. The molecule has 1 aromatic carbocycles. The van der Waals surface area contributed by atoms with Gasteiger partial charge in [-0.25, -0.2) is 4.98 Å². The average molecular weight is 437 g/mol. The second-order valence-corrected chi connectivity index (χ2v) is 8.66. The predicted octanol–water partition coefficient (Wildman–Crippen LogP) is 2.70. The molecule has 172 valence electrons. The first-order valence-electron chi connectivity index (χ1n) is 11.7. The molecule has 0 bridgehead atoms. The van der Waals surface area contributed by atoms with Crippen LogP contribution in [0.4, 0.5) is 5.82 Å². The van der Waals surface area contributed by atoms with Crippen LogP contribution in [-0.2, 0) is 6.54 Å². The fraction of sp³-hybridized carbons (Fsp3) is 0.520. The number of piperidine rings is 1. The van der Waals surface area contributed by atoms with Gasteiger partial charge in [0.1, 0.15) is 11.6 Å². The second-order valence-electron chi connectivity index (χ2n) is 8.66. The molecule has 0 radical (unpaired) electrons. The molecule has 32 heavy (non-hydrogen) atoms. The average Bonchev–Trinajstić information content (AvgIpc) is 2.87. The molecule has 2 aliphatic heterocycles. The third-order valence-corrected chi connectivity index (χ3v) is 6.59. The molecule has 0 atom stereocenters. The van der Waals surface area contributed by atoms with Gasteiger partial charge in [0.15, 0.2) is 5.96 Å². The topological polar surface area (TPSA) is 56.2 Å². The maximum absolute atomic E-state index is 5.26. The number of likely N-dealkylation sites (tertiary alicyclic amines) is 1. The summed E-state index contributed by atoms with van der Waals surface area (Å²) in [6, 6.07) is 14.5. The molecule has 0 amide bonds. The maximum Gasteiger partial charge on any atom is 0.193 e. The van der Waals surface area contributed by atoms with Gasteiger partial charge in [0.25, 0.3) is 0 Å². The van der Waals surface area contributed by atoms with Crippen molar-refractivity contribution in [3.63, 3.8) is 0 Å². The number of nitrogens with one attached hydrogen (secondary N) is 1. The molecule has 7 heteroatoms. The van der Waals surface area contributed by atoms with Gasteiger partial charge in [-0.15, -0.1) is 0 Å². The Morgan fingerprint density at radius 1 is 1.03 bits per heavy atom. The quantitative estimate of drug-likeness (QED) is 0.555. The van der Waals surface area contributed by atoms with Crippen LogP contribution in [0.3, 0.4) is 0 Å². The van der Waals surface area contributed by atoms with Gasteiger partial charge in [0.2, 0.25) is 0 Å². The first-order valence-corrected chi connectivity index (χ1v) is 11.7. The number of hydrogen-bond donors (Lipinski definition) is 1. The van der Waals surface area contributed by atoms with Crippen molar-refractivity contribution < 1.29 is 4.74 Å². The van der Waals surface area contributed by atoms with Crippen molar-refractivity contribution in [2.45, 2.75) is 19.4 Å². The van der Waals surface area contributed by atoms with E-state index in [2.05, 4.69) is 54.3 Å². The van der Waals surface area contributed by atoms with E-state index in [1.807, 2.05) is 31.4 Å². The minimum Gasteiger partial charge on any atom is -0.497 e. The lowest BCUT2D eigenvalue weighted by Gasteiger charge is -2.38. The number of guanidine groups is 1. The highest BCUT2D eigenvalue weighted by Crippen LogP contribution is 2.20. The van der Waals surface area contributed by atoms with E-state index >= 15 is 0 Å². The van der Waals surface area contributed by atoms with Crippen molar-refractivity contribution >= 4 is 11.8 Å². The molecule has 1 aromatic heterocycles. The van der Waals surface area contributed by atoms with Crippen LogP contribution in [0.15, 0.2) is 53.7 Å². The zero-order valence-electron chi connectivity index (χ0n) is 19.4. The smallest absolute Gasteiger partial charge is 0.193 e. The van der Waals surface area contributed by atoms with E-state index in [0.717, 1.165) is 69.9 Å². The lowest BCUT2D eigenvalue weighted by molar-refractivity contribution is 0.177. The normalized spacial score (nSPS) is 18.6. The highest BCUT2D eigenvalue weighted by atomic mass is 16.5. The second kappa shape index (κ2) is 11.2. The van der Waals surface area contributed by atoms with E-state index in [4.69, 9.17) is 4.74 Å². The van der Waals surface area contributed by atoms with Crippen molar-refractivity contribution in [2.75, 3.05) is 64.9 Å². The molecule has 3 heterocycles. The Labute approximate surface area is 192 Å². The molecule has 2 saturated heterocycles. The van der Waals surface area contributed by atoms with Gasteiger partial charge in [-0.1, -0.05) is 18.2 Å². The maximum atomic E-state index is 5.26. The molecule has 0 saturated carbocycles. The van der Waals surface area contributed by atoms with Crippen LogP contribution in [0.25, 0.3) is 0 Å². The first kappa shape index (κ1) is 22.4. The number of benzene rings is 1. The molecule has 1 N–H and O–H groups in total. The Bertz CT molecular complexity index is 840. The lowest BCUT2D eigenvalue weighted by Crippen LogP contribution is -2.53. The number of rotatable bonds is 6. The van der Waals surface area contributed by atoms with E-state index in [1.54, 1.807) is 7.11 Å². The summed E-state index contributed by atoms with van der Waals surface area (Å²) in [6.45, 7) is 8.21. The molecule has 0 spiro atoms. The Morgan fingerprint density at radius 3 is 2.41 bits per heavy atom. The Hall–Kier alpha value is -2.80. The summed E-state index contributed by atoms with van der Waals surface area (Å²) in [5.41, 5.74) is 1.35. The van der Waals surface area contributed by atoms with Crippen LogP contribution in [0, 0.1) is 5.92 Å². The highest BCUT2D eigenvalue weighted by molar-refractivity contribution is 5.80. The van der Waals surface area contributed by atoms with E-state index in [-0.39, 0.29) is 0 Å². The third-order valence-electron chi connectivity index (χ3n) is 6.59. The number of ether oxygens (including phenoxy) is 1. The van der Waals surface area contributed by atoms with Gasteiger partial charge >= 0.3 is 0 Å². The Kier molecular flexibility index (Phi) is 7.82. The lowest BCUT2D eigenvalue weighted by atomic mass is 9.96. The molecular formula is C25H36N6O. The number of nitrogens with zero attached hydrogens (tertiary/aromatic N) is 5. The number of aliphatic imine (C=N–C) groups is 1. The summed E-state index contributed by atoms with van der Waals surface area (Å²) in [5, 5.41) is 3.65. The van der Waals surface area contributed by atoms with E-state index in [1.165, 1.54) is 18.4 Å². The van der Waals surface area contributed by atoms with Gasteiger partial charge in [-0.3, -0.25) is 9.89 Å². The summed E-state index contributed by atoms with van der Waals surface area (Å²) in [7, 11) is 3.61. The summed E-state index contributed by atoms with van der Waals surface area (Å²) in [4.78, 5) is 16.3. The number of methoxy groups -OCH3 is 1.